The van der Waals surface area contributed by atoms with Crippen LogP contribution in [-0.2, 0) is 6.42 Å². The van der Waals surface area contributed by atoms with Crippen molar-refractivity contribution >= 4 is 15.9 Å². The number of hydrogen-bond donors (Lipinski definition) is 1. The Morgan fingerprint density at radius 3 is 2.47 bits per heavy atom. The molecule has 0 aliphatic carbocycles. The summed E-state index contributed by atoms with van der Waals surface area (Å²) in [6.45, 7) is 2.19. The lowest BCUT2D eigenvalue weighted by Crippen LogP contribution is -2.19. The van der Waals surface area contributed by atoms with Crippen LogP contribution in [-0.4, -0.2) is 6.04 Å². The predicted molar refractivity (Wildman–Crippen MR) is 70.0 cm³/mol. The summed E-state index contributed by atoms with van der Waals surface area (Å²) in [6.07, 6.45) is 5.83. The fraction of sp³-hybridized carbons (Fsp3) is 0.538. The molecule has 0 saturated heterocycles. The Balaban J connectivity index is 2.22. The van der Waals surface area contributed by atoms with Crippen LogP contribution < -0.4 is 5.73 Å². The van der Waals surface area contributed by atoms with Gasteiger partial charge in [0.25, 0.3) is 0 Å². The van der Waals surface area contributed by atoms with Gasteiger partial charge in [0.1, 0.15) is 0 Å². The third-order valence-corrected chi connectivity index (χ3v) is 3.14. The molecule has 0 aliphatic heterocycles. The number of hydrogen-bond acceptors (Lipinski definition) is 1. The number of rotatable bonds is 6. The molecular formula is C13H20BrN. The first-order valence-corrected chi connectivity index (χ1v) is 6.51. The van der Waals surface area contributed by atoms with E-state index in [9.17, 15) is 0 Å². The summed E-state index contributed by atoms with van der Waals surface area (Å²) in [4.78, 5) is 0. The van der Waals surface area contributed by atoms with Crippen LogP contribution in [0.3, 0.4) is 0 Å². The van der Waals surface area contributed by atoms with Crippen LogP contribution in [0.5, 0.6) is 0 Å². The minimum Gasteiger partial charge on any atom is -0.328 e. The molecule has 1 rings (SSSR count). The van der Waals surface area contributed by atoms with Gasteiger partial charge in [-0.25, -0.2) is 0 Å². The maximum atomic E-state index is 5.96. The largest absolute Gasteiger partial charge is 0.328 e. The smallest absolute Gasteiger partial charge is 0.0175 e. The lowest BCUT2D eigenvalue weighted by atomic mass is 10.0. The molecule has 0 aliphatic rings. The molecule has 0 radical (unpaired) electrons. The molecule has 1 aromatic rings. The van der Waals surface area contributed by atoms with Crippen molar-refractivity contribution in [2.45, 2.75) is 45.1 Å². The van der Waals surface area contributed by atoms with Crippen LogP contribution in [0.4, 0.5) is 0 Å². The highest BCUT2D eigenvalue weighted by Crippen LogP contribution is 2.13. The summed E-state index contributed by atoms with van der Waals surface area (Å²) in [5.41, 5.74) is 7.37. The van der Waals surface area contributed by atoms with Gasteiger partial charge in [-0.1, -0.05) is 41.4 Å². The van der Waals surface area contributed by atoms with Crippen molar-refractivity contribution in [2.75, 3.05) is 0 Å². The first-order chi connectivity index (χ1) is 7.22. The van der Waals surface area contributed by atoms with E-state index in [4.69, 9.17) is 5.73 Å². The molecule has 0 fully saturated rings. The molecule has 0 spiro atoms. The van der Waals surface area contributed by atoms with Gasteiger partial charge < -0.3 is 5.73 Å². The van der Waals surface area contributed by atoms with Crippen molar-refractivity contribution in [1.29, 1.82) is 0 Å². The Morgan fingerprint density at radius 2 is 1.87 bits per heavy atom. The zero-order chi connectivity index (χ0) is 11.1. The van der Waals surface area contributed by atoms with Crippen molar-refractivity contribution in [1.82, 2.24) is 0 Å². The molecule has 0 heterocycles. The van der Waals surface area contributed by atoms with Crippen molar-refractivity contribution in [3.8, 4) is 0 Å². The standard InChI is InChI=1S/C13H20BrN/c1-2-4-13(15)6-3-5-11-7-9-12(14)10-8-11/h7-10,13H,2-6,15H2,1H3. The van der Waals surface area contributed by atoms with Gasteiger partial charge in [-0.2, -0.15) is 0 Å². The molecule has 2 N–H and O–H groups in total. The average Bonchev–Trinajstić information content (AvgIpc) is 2.21. The van der Waals surface area contributed by atoms with Crippen molar-refractivity contribution < 1.29 is 0 Å². The fourth-order valence-electron chi connectivity index (χ4n) is 1.73. The quantitative estimate of drug-likeness (QED) is 0.833. The average molecular weight is 270 g/mol. The van der Waals surface area contributed by atoms with Crippen molar-refractivity contribution in [3.63, 3.8) is 0 Å². The van der Waals surface area contributed by atoms with Gasteiger partial charge in [0.2, 0.25) is 0 Å². The highest BCUT2D eigenvalue weighted by atomic mass is 79.9. The Morgan fingerprint density at radius 1 is 1.20 bits per heavy atom. The molecule has 84 valence electrons. The van der Waals surface area contributed by atoms with Crippen LogP contribution in [0, 0.1) is 0 Å². The van der Waals surface area contributed by atoms with E-state index in [0.717, 1.165) is 23.7 Å². The maximum Gasteiger partial charge on any atom is 0.0175 e. The molecular weight excluding hydrogens is 250 g/mol. The first kappa shape index (κ1) is 12.7. The molecule has 1 nitrogen and oxygen atoms in total. The molecule has 2 heteroatoms. The van der Waals surface area contributed by atoms with E-state index < -0.39 is 0 Å². The maximum absolute atomic E-state index is 5.96. The van der Waals surface area contributed by atoms with E-state index in [2.05, 4.69) is 47.1 Å². The van der Waals surface area contributed by atoms with Crippen LogP contribution in [0.2, 0.25) is 0 Å². The lowest BCUT2D eigenvalue weighted by molar-refractivity contribution is 0.539. The summed E-state index contributed by atoms with van der Waals surface area (Å²) < 4.78 is 1.15. The molecule has 1 aromatic carbocycles. The minimum absolute atomic E-state index is 0.394. The minimum atomic E-state index is 0.394. The second kappa shape index (κ2) is 7.02. The zero-order valence-electron chi connectivity index (χ0n) is 9.38. The molecule has 0 bridgehead atoms. The van der Waals surface area contributed by atoms with Crippen molar-refractivity contribution in [2.24, 2.45) is 5.73 Å². The number of aryl methyl sites for hydroxylation is 1. The Labute approximate surface area is 101 Å². The second-order valence-corrected chi connectivity index (χ2v) is 4.98. The van der Waals surface area contributed by atoms with Crippen LogP contribution in [0.25, 0.3) is 0 Å². The van der Waals surface area contributed by atoms with E-state index in [1.807, 2.05) is 0 Å². The summed E-state index contributed by atoms with van der Waals surface area (Å²) in [5, 5.41) is 0. The zero-order valence-corrected chi connectivity index (χ0v) is 11.0. The SMILES string of the molecule is CCCC(N)CCCc1ccc(Br)cc1. The van der Waals surface area contributed by atoms with E-state index in [0.29, 0.717) is 6.04 Å². The lowest BCUT2D eigenvalue weighted by Gasteiger charge is -2.09. The summed E-state index contributed by atoms with van der Waals surface area (Å²) in [7, 11) is 0. The monoisotopic (exact) mass is 269 g/mol. The van der Waals surface area contributed by atoms with Gasteiger partial charge in [-0.05, 0) is 43.4 Å². The first-order valence-electron chi connectivity index (χ1n) is 5.72. The van der Waals surface area contributed by atoms with Crippen LogP contribution in [0.1, 0.15) is 38.2 Å². The third kappa shape index (κ3) is 5.33. The summed E-state index contributed by atoms with van der Waals surface area (Å²) >= 11 is 3.44. The Hall–Kier alpha value is -0.340. The second-order valence-electron chi connectivity index (χ2n) is 4.07. The highest BCUT2D eigenvalue weighted by molar-refractivity contribution is 9.10. The van der Waals surface area contributed by atoms with Gasteiger partial charge in [0.05, 0.1) is 0 Å². The predicted octanol–water partition coefficient (Wildman–Crippen LogP) is 3.90. The number of nitrogens with two attached hydrogens (primary N) is 1. The molecule has 0 amide bonds. The summed E-state index contributed by atoms with van der Waals surface area (Å²) in [5.74, 6) is 0. The van der Waals surface area contributed by atoms with Gasteiger partial charge in [-0.15, -0.1) is 0 Å². The van der Waals surface area contributed by atoms with Crippen molar-refractivity contribution in [3.05, 3.63) is 34.3 Å². The number of benzene rings is 1. The number of halogens is 1. The normalized spacial score (nSPS) is 12.7. The third-order valence-electron chi connectivity index (χ3n) is 2.61. The van der Waals surface area contributed by atoms with Gasteiger partial charge in [0, 0.05) is 10.5 Å². The topological polar surface area (TPSA) is 26.0 Å². The Bertz CT molecular complexity index is 268. The van der Waals surface area contributed by atoms with Gasteiger partial charge in [-0.3, -0.25) is 0 Å². The Kier molecular flexibility index (Phi) is 5.96. The van der Waals surface area contributed by atoms with Crippen LogP contribution >= 0.6 is 15.9 Å². The van der Waals surface area contributed by atoms with E-state index in [1.54, 1.807) is 0 Å². The highest BCUT2D eigenvalue weighted by Gasteiger charge is 2.01. The van der Waals surface area contributed by atoms with E-state index in [1.165, 1.54) is 18.4 Å². The molecule has 0 aromatic heterocycles. The van der Waals surface area contributed by atoms with Gasteiger partial charge >= 0.3 is 0 Å². The van der Waals surface area contributed by atoms with Crippen LogP contribution in [0.15, 0.2) is 28.7 Å². The van der Waals surface area contributed by atoms with E-state index >= 15 is 0 Å². The molecule has 1 atom stereocenters. The molecule has 15 heavy (non-hydrogen) atoms. The molecule has 1 unspecified atom stereocenters. The van der Waals surface area contributed by atoms with Gasteiger partial charge in [0.15, 0.2) is 0 Å². The fourth-order valence-corrected chi connectivity index (χ4v) is 2.00. The van der Waals surface area contributed by atoms with E-state index in [-0.39, 0.29) is 0 Å². The molecule has 0 saturated carbocycles. The summed E-state index contributed by atoms with van der Waals surface area (Å²) in [6, 6.07) is 8.94.